The van der Waals surface area contributed by atoms with Crippen LogP contribution < -0.4 is 5.32 Å². The minimum absolute atomic E-state index is 0.679. The average molecular weight is 207 g/mol. The highest BCUT2D eigenvalue weighted by Gasteiger charge is 2.35. The molecule has 1 heteroatoms. The van der Waals surface area contributed by atoms with Gasteiger partial charge in [-0.05, 0) is 50.0 Å². The van der Waals surface area contributed by atoms with Crippen molar-refractivity contribution in [3.05, 3.63) is 12.2 Å². The molecule has 0 radical (unpaired) electrons. The zero-order valence-electron chi connectivity index (χ0n) is 10.4. The van der Waals surface area contributed by atoms with E-state index in [-0.39, 0.29) is 0 Å². The third-order valence-electron chi connectivity index (χ3n) is 4.62. The fraction of sp³-hybridized carbons (Fsp3) is 0.857. The Balaban J connectivity index is 1.72. The van der Waals surface area contributed by atoms with Gasteiger partial charge in [-0.2, -0.15) is 0 Å². The normalized spacial score (nSPS) is 37.1. The first-order chi connectivity index (χ1) is 7.20. The molecular weight excluding hydrogens is 182 g/mol. The summed E-state index contributed by atoms with van der Waals surface area (Å²) in [7, 11) is 0. The van der Waals surface area contributed by atoms with Crippen LogP contribution in [0.15, 0.2) is 12.2 Å². The number of hydrogen-bond acceptors (Lipinski definition) is 1. The molecule has 5 unspecified atom stereocenters. The molecule has 2 aliphatic rings. The van der Waals surface area contributed by atoms with Crippen molar-refractivity contribution < 1.29 is 0 Å². The van der Waals surface area contributed by atoms with Crippen LogP contribution in [0.3, 0.4) is 0 Å². The number of rotatable bonds is 5. The summed E-state index contributed by atoms with van der Waals surface area (Å²) >= 11 is 0. The molecule has 0 spiro atoms. The van der Waals surface area contributed by atoms with Gasteiger partial charge in [0.25, 0.3) is 0 Å². The maximum Gasteiger partial charge on any atom is 0.00643 e. The van der Waals surface area contributed by atoms with Crippen LogP contribution in [0.1, 0.15) is 40.0 Å². The SMILES string of the molecule is CCC(C)C(C)NCC1CC2C=CC1C2. The van der Waals surface area contributed by atoms with Crippen molar-refractivity contribution in [2.75, 3.05) is 6.54 Å². The van der Waals surface area contributed by atoms with E-state index in [4.69, 9.17) is 0 Å². The molecule has 86 valence electrons. The molecule has 0 aromatic carbocycles. The van der Waals surface area contributed by atoms with Gasteiger partial charge in [-0.3, -0.25) is 0 Å². The van der Waals surface area contributed by atoms with Gasteiger partial charge < -0.3 is 5.32 Å². The number of fused-ring (bicyclic) bond motifs is 2. The third-order valence-corrected chi connectivity index (χ3v) is 4.62. The molecule has 0 aromatic heterocycles. The van der Waals surface area contributed by atoms with Crippen molar-refractivity contribution in [2.24, 2.45) is 23.7 Å². The predicted molar refractivity (Wildman–Crippen MR) is 65.8 cm³/mol. The fourth-order valence-corrected chi connectivity index (χ4v) is 3.02. The average Bonchev–Trinajstić information content (AvgIpc) is 2.86. The van der Waals surface area contributed by atoms with Gasteiger partial charge in [-0.15, -0.1) is 0 Å². The number of allylic oxidation sites excluding steroid dienone is 2. The molecular formula is C14H25N. The third kappa shape index (κ3) is 2.44. The van der Waals surface area contributed by atoms with Crippen LogP contribution in [0, 0.1) is 23.7 Å². The Bertz CT molecular complexity index is 233. The first kappa shape index (κ1) is 11.2. The van der Waals surface area contributed by atoms with Crippen LogP contribution in [-0.2, 0) is 0 Å². The minimum atomic E-state index is 0.679. The molecule has 1 saturated carbocycles. The van der Waals surface area contributed by atoms with Crippen LogP contribution in [0.5, 0.6) is 0 Å². The van der Waals surface area contributed by atoms with Crippen molar-refractivity contribution in [2.45, 2.75) is 46.1 Å². The largest absolute Gasteiger partial charge is 0.314 e. The summed E-state index contributed by atoms with van der Waals surface area (Å²) in [5, 5.41) is 3.73. The monoisotopic (exact) mass is 207 g/mol. The smallest absolute Gasteiger partial charge is 0.00643 e. The molecule has 0 amide bonds. The topological polar surface area (TPSA) is 12.0 Å². The summed E-state index contributed by atoms with van der Waals surface area (Å²) in [5.74, 6) is 3.54. The van der Waals surface area contributed by atoms with E-state index in [0.29, 0.717) is 6.04 Å². The highest BCUT2D eigenvalue weighted by molar-refractivity contribution is 5.10. The summed E-state index contributed by atoms with van der Waals surface area (Å²) in [6, 6.07) is 0.679. The van der Waals surface area contributed by atoms with E-state index < -0.39 is 0 Å². The second-order valence-corrected chi connectivity index (χ2v) is 5.62. The van der Waals surface area contributed by atoms with Gasteiger partial charge in [-0.1, -0.05) is 32.4 Å². The Labute approximate surface area is 94.3 Å². The second kappa shape index (κ2) is 4.69. The van der Waals surface area contributed by atoms with Crippen molar-refractivity contribution in [1.29, 1.82) is 0 Å². The Kier molecular flexibility index (Phi) is 3.50. The second-order valence-electron chi connectivity index (χ2n) is 5.62. The van der Waals surface area contributed by atoms with E-state index in [1.807, 2.05) is 0 Å². The van der Waals surface area contributed by atoms with Gasteiger partial charge >= 0.3 is 0 Å². The molecule has 2 bridgehead atoms. The molecule has 0 aliphatic heterocycles. The van der Waals surface area contributed by atoms with Crippen LogP contribution >= 0.6 is 0 Å². The van der Waals surface area contributed by atoms with Gasteiger partial charge in [0.15, 0.2) is 0 Å². The molecule has 1 nitrogen and oxygen atoms in total. The number of hydrogen-bond donors (Lipinski definition) is 1. The van der Waals surface area contributed by atoms with Crippen LogP contribution in [0.25, 0.3) is 0 Å². The molecule has 15 heavy (non-hydrogen) atoms. The molecule has 0 aromatic rings. The van der Waals surface area contributed by atoms with Gasteiger partial charge in [0.1, 0.15) is 0 Å². The fourth-order valence-electron chi connectivity index (χ4n) is 3.02. The maximum atomic E-state index is 3.73. The highest BCUT2D eigenvalue weighted by atomic mass is 14.9. The van der Waals surface area contributed by atoms with Crippen molar-refractivity contribution in [1.82, 2.24) is 5.32 Å². The van der Waals surface area contributed by atoms with Gasteiger partial charge in [-0.25, -0.2) is 0 Å². The van der Waals surface area contributed by atoms with E-state index in [1.54, 1.807) is 0 Å². The van der Waals surface area contributed by atoms with Crippen LogP contribution in [0.4, 0.5) is 0 Å². The lowest BCUT2D eigenvalue weighted by atomic mass is 9.92. The first-order valence-electron chi connectivity index (χ1n) is 6.62. The van der Waals surface area contributed by atoms with Crippen molar-refractivity contribution in [3.63, 3.8) is 0 Å². The molecule has 2 rings (SSSR count). The molecule has 1 N–H and O–H groups in total. The molecule has 0 saturated heterocycles. The molecule has 5 atom stereocenters. The lowest BCUT2D eigenvalue weighted by molar-refractivity contribution is 0.336. The first-order valence-corrected chi connectivity index (χ1v) is 6.62. The summed E-state index contributed by atoms with van der Waals surface area (Å²) in [4.78, 5) is 0. The summed E-state index contributed by atoms with van der Waals surface area (Å²) in [6.07, 6.45) is 9.03. The highest BCUT2D eigenvalue weighted by Crippen LogP contribution is 2.43. The Morgan fingerprint density at radius 1 is 1.27 bits per heavy atom. The maximum absolute atomic E-state index is 3.73. The van der Waals surface area contributed by atoms with Gasteiger partial charge in [0, 0.05) is 6.04 Å². The summed E-state index contributed by atoms with van der Waals surface area (Å²) in [6.45, 7) is 8.19. The zero-order chi connectivity index (χ0) is 10.8. The van der Waals surface area contributed by atoms with Crippen molar-refractivity contribution in [3.8, 4) is 0 Å². The van der Waals surface area contributed by atoms with E-state index in [1.165, 1.54) is 25.8 Å². The van der Waals surface area contributed by atoms with Gasteiger partial charge in [0.2, 0.25) is 0 Å². The van der Waals surface area contributed by atoms with E-state index in [9.17, 15) is 0 Å². The molecule has 2 aliphatic carbocycles. The summed E-state index contributed by atoms with van der Waals surface area (Å²) in [5.41, 5.74) is 0. The Hall–Kier alpha value is -0.300. The van der Waals surface area contributed by atoms with E-state index in [0.717, 1.165) is 23.7 Å². The predicted octanol–water partition coefficient (Wildman–Crippen LogP) is 3.22. The van der Waals surface area contributed by atoms with E-state index >= 15 is 0 Å². The Morgan fingerprint density at radius 3 is 2.60 bits per heavy atom. The minimum Gasteiger partial charge on any atom is -0.314 e. The van der Waals surface area contributed by atoms with Crippen LogP contribution in [0.2, 0.25) is 0 Å². The van der Waals surface area contributed by atoms with Crippen molar-refractivity contribution >= 4 is 0 Å². The standard InChI is InChI=1S/C14H25N/c1-4-10(2)11(3)15-9-14-8-12-5-6-13(14)7-12/h5-6,10-15H,4,7-9H2,1-3H3. The lowest BCUT2D eigenvalue weighted by Crippen LogP contribution is -2.36. The molecule has 0 heterocycles. The molecule has 1 fully saturated rings. The number of nitrogens with one attached hydrogen (secondary N) is 1. The quantitative estimate of drug-likeness (QED) is 0.683. The van der Waals surface area contributed by atoms with Crippen LogP contribution in [-0.4, -0.2) is 12.6 Å². The Morgan fingerprint density at radius 2 is 2.07 bits per heavy atom. The zero-order valence-corrected chi connectivity index (χ0v) is 10.4. The lowest BCUT2D eigenvalue weighted by Gasteiger charge is -2.24. The van der Waals surface area contributed by atoms with Gasteiger partial charge in [0.05, 0.1) is 0 Å². The van der Waals surface area contributed by atoms with E-state index in [2.05, 4.69) is 38.2 Å². The summed E-state index contributed by atoms with van der Waals surface area (Å²) < 4.78 is 0.